The molecule has 0 spiro atoms. The zero-order chi connectivity index (χ0) is 18.8. The Hall–Kier alpha value is -1.42. The molecule has 2 aliphatic heterocycles. The lowest BCUT2D eigenvalue weighted by Gasteiger charge is -2.30. The van der Waals surface area contributed by atoms with E-state index in [9.17, 15) is 0 Å². The van der Waals surface area contributed by atoms with E-state index in [1.807, 2.05) is 58.0 Å². The smallest absolute Gasteiger partial charge is 0.163 e. The highest BCUT2D eigenvalue weighted by Gasteiger charge is 2.50. The minimum Gasteiger partial charge on any atom is -0.368 e. The second kappa shape index (κ2) is 7.67. The van der Waals surface area contributed by atoms with Crippen LogP contribution in [0.25, 0.3) is 0 Å². The number of ether oxygens (including phenoxy) is 5. The standard InChI is InChI=1S/C21H28O5/c1-6-10-16-19(26-21(4,5)24-16)18(17-14-23-20(2,3)25-17)22-13-15-11-8-7-9-12-15/h1,7-9,11-12,16-19H,10,13-14H2,2-5H3/t16-,17-,18-,19-/m1/s1. The van der Waals surface area contributed by atoms with Crippen molar-refractivity contribution in [3.05, 3.63) is 35.9 Å². The maximum atomic E-state index is 6.28. The van der Waals surface area contributed by atoms with Crippen molar-refractivity contribution in [3.8, 4) is 12.3 Å². The van der Waals surface area contributed by atoms with Crippen LogP contribution in [-0.4, -0.2) is 42.6 Å². The SMILES string of the molecule is C#CC[C@H]1OC(C)(C)O[C@H]1[C@H](OCc1ccccc1)[C@H]1COC(C)(C)O1. The van der Waals surface area contributed by atoms with Crippen LogP contribution in [0.1, 0.15) is 39.7 Å². The van der Waals surface area contributed by atoms with E-state index in [4.69, 9.17) is 30.1 Å². The number of terminal acetylenes is 1. The highest BCUT2D eigenvalue weighted by molar-refractivity contribution is 5.13. The number of benzene rings is 1. The largest absolute Gasteiger partial charge is 0.368 e. The number of rotatable bonds is 6. The van der Waals surface area contributed by atoms with E-state index in [0.29, 0.717) is 19.6 Å². The van der Waals surface area contributed by atoms with Crippen molar-refractivity contribution in [3.63, 3.8) is 0 Å². The van der Waals surface area contributed by atoms with E-state index in [1.54, 1.807) is 0 Å². The molecule has 5 nitrogen and oxygen atoms in total. The Kier molecular flexibility index (Phi) is 5.71. The predicted molar refractivity (Wildman–Crippen MR) is 97.2 cm³/mol. The van der Waals surface area contributed by atoms with Gasteiger partial charge in [0.25, 0.3) is 0 Å². The van der Waals surface area contributed by atoms with Crippen LogP contribution in [0, 0.1) is 12.3 Å². The molecule has 0 N–H and O–H groups in total. The van der Waals surface area contributed by atoms with Gasteiger partial charge < -0.3 is 23.7 Å². The van der Waals surface area contributed by atoms with E-state index in [0.717, 1.165) is 5.56 Å². The third-order valence-electron chi connectivity index (χ3n) is 4.55. The fraction of sp³-hybridized carbons (Fsp3) is 0.619. The van der Waals surface area contributed by atoms with Crippen molar-refractivity contribution < 1.29 is 23.7 Å². The minimum atomic E-state index is -0.713. The molecule has 0 radical (unpaired) electrons. The van der Waals surface area contributed by atoms with Crippen LogP contribution in [0.4, 0.5) is 0 Å². The average molecular weight is 360 g/mol. The summed E-state index contributed by atoms with van der Waals surface area (Å²) in [6, 6.07) is 10.0. The summed E-state index contributed by atoms with van der Waals surface area (Å²) in [5.41, 5.74) is 1.09. The lowest BCUT2D eigenvalue weighted by Crippen LogP contribution is -2.46. The van der Waals surface area contributed by atoms with Gasteiger partial charge in [0.15, 0.2) is 11.6 Å². The lowest BCUT2D eigenvalue weighted by molar-refractivity contribution is -0.190. The number of hydrogen-bond acceptors (Lipinski definition) is 5. The Morgan fingerprint density at radius 3 is 2.46 bits per heavy atom. The van der Waals surface area contributed by atoms with Crippen molar-refractivity contribution in [1.29, 1.82) is 0 Å². The molecular formula is C21H28O5. The number of hydrogen-bond donors (Lipinski definition) is 0. The maximum absolute atomic E-state index is 6.28. The van der Waals surface area contributed by atoms with Crippen molar-refractivity contribution in [1.82, 2.24) is 0 Å². The van der Waals surface area contributed by atoms with E-state index in [2.05, 4.69) is 5.92 Å². The molecule has 1 aromatic carbocycles. The highest BCUT2D eigenvalue weighted by atomic mass is 16.8. The van der Waals surface area contributed by atoms with Crippen LogP contribution in [0.5, 0.6) is 0 Å². The van der Waals surface area contributed by atoms with Gasteiger partial charge in [-0.1, -0.05) is 30.3 Å². The zero-order valence-corrected chi connectivity index (χ0v) is 15.9. The molecule has 0 saturated carbocycles. The van der Waals surface area contributed by atoms with Crippen LogP contribution in [0.3, 0.4) is 0 Å². The van der Waals surface area contributed by atoms with Crippen molar-refractivity contribution in [2.75, 3.05) is 6.61 Å². The molecule has 0 unspecified atom stereocenters. The Morgan fingerprint density at radius 1 is 1.12 bits per heavy atom. The second-order valence-corrected chi connectivity index (χ2v) is 7.68. The van der Waals surface area contributed by atoms with Gasteiger partial charge in [-0.15, -0.1) is 12.3 Å². The third kappa shape index (κ3) is 4.64. The van der Waals surface area contributed by atoms with Gasteiger partial charge in [-0.25, -0.2) is 0 Å². The van der Waals surface area contributed by atoms with Gasteiger partial charge in [0.2, 0.25) is 0 Å². The van der Waals surface area contributed by atoms with Gasteiger partial charge in [0, 0.05) is 6.42 Å². The van der Waals surface area contributed by atoms with Gasteiger partial charge in [-0.05, 0) is 33.3 Å². The molecule has 0 aromatic heterocycles. The Labute approximate surface area is 155 Å². The molecular weight excluding hydrogens is 332 g/mol. The van der Waals surface area contributed by atoms with Gasteiger partial charge in [-0.3, -0.25) is 0 Å². The summed E-state index contributed by atoms with van der Waals surface area (Å²) < 4.78 is 30.3. The molecule has 0 aliphatic carbocycles. The topological polar surface area (TPSA) is 46.2 Å². The molecule has 0 bridgehead atoms. The van der Waals surface area contributed by atoms with Gasteiger partial charge in [0.1, 0.15) is 24.4 Å². The predicted octanol–water partition coefficient (Wildman–Crippen LogP) is 3.27. The van der Waals surface area contributed by atoms with E-state index in [-0.39, 0.29) is 24.4 Å². The normalized spacial score (nSPS) is 30.8. The summed E-state index contributed by atoms with van der Waals surface area (Å²) in [5.74, 6) is 1.32. The van der Waals surface area contributed by atoms with Gasteiger partial charge in [0.05, 0.1) is 13.2 Å². The van der Waals surface area contributed by atoms with E-state index >= 15 is 0 Å². The van der Waals surface area contributed by atoms with Crippen molar-refractivity contribution >= 4 is 0 Å². The molecule has 2 fully saturated rings. The highest BCUT2D eigenvalue weighted by Crippen LogP contribution is 2.36. The Morgan fingerprint density at radius 2 is 1.85 bits per heavy atom. The fourth-order valence-electron chi connectivity index (χ4n) is 3.47. The molecule has 0 amide bonds. The second-order valence-electron chi connectivity index (χ2n) is 7.68. The van der Waals surface area contributed by atoms with Crippen LogP contribution in [-0.2, 0) is 30.3 Å². The average Bonchev–Trinajstić information content (AvgIpc) is 3.08. The zero-order valence-electron chi connectivity index (χ0n) is 15.9. The minimum absolute atomic E-state index is 0.247. The summed E-state index contributed by atoms with van der Waals surface area (Å²) in [5, 5.41) is 0. The molecule has 3 rings (SSSR count). The third-order valence-corrected chi connectivity index (χ3v) is 4.55. The van der Waals surface area contributed by atoms with Crippen LogP contribution < -0.4 is 0 Å². The fourth-order valence-corrected chi connectivity index (χ4v) is 3.47. The van der Waals surface area contributed by atoms with Crippen LogP contribution >= 0.6 is 0 Å². The summed E-state index contributed by atoms with van der Waals surface area (Å²) in [7, 11) is 0. The van der Waals surface area contributed by atoms with Crippen molar-refractivity contribution in [2.45, 2.75) is 76.7 Å². The van der Waals surface area contributed by atoms with Gasteiger partial charge in [-0.2, -0.15) is 0 Å². The monoisotopic (exact) mass is 360 g/mol. The Balaban J connectivity index is 1.79. The molecule has 2 heterocycles. The summed E-state index contributed by atoms with van der Waals surface area (Å²) in [6.07, 6.45) is 4.82. The Bertz CT molecular complexity index is 634. The van der Waals surface area contributed by atoms with Crippen LogP contribution in [0.15, 0.2) is 30.3 Å². The first-order valence-corrected chi connectivity index (χ1v) is 9.06. The summed E-state index contributed by atoms with van der Waals surface area (Å²) in [6.45, 7) is 8.47. The summed E-state index contributed by atoms with van der Waals surface area (Å²) in [4.78, 5) is 0. The molecule has 2 aliphatic rings. The van der Waals surface area contributed by atoms with Crippen LogP contribution in [0.2, 0.25) is 0 Å². The quantitative estimate of drug-likeness (QED) is 0.729. The first kappa shape index (κ1) is 19.3. The first-order chi connectivity index (χ1) is 12.3. The lowest BCUT2D eigenvalue weighted by atomic mass is 10.0. The first-order valence-electron chi connectivity index (χ1n) is 9.06. The molecule has 5 heteroatoms. The molecule has 26 heavy (non-hydrogen) atoms. The van der Waals surface area contributed by atoms with Gasteiger partial charge >= 0.3 is 0 Å². The molecule has 4 atom stereocenters. The van der Waals surface area contributed by atoms with E-state index in [1.165, 1.54) is 0 Å². The molecule has 1 aromatic rings. The molecule has 142 valence electrons. The van der Waals surface area contributed by atoms with E-state index < -0.39 is 11.6 Å². The molecule has 2 saturated heterocycles. The maximum Gasteiger partial charge on any atom is 0.163 e. The summed E-state index contributed by atoms with van der Waals surface area (Å²) >= 11 is 0. The van der Waals surface area contributed by atoms with Crippen molar-refractivity contribution in [2.24, 2.45) is 0 Å².